The van der Waals surface area contributed by atoms with Crippen molar-refractivity contribution in [1.82, 2.24) is 9.47 Å². The van der Waals surface area contributed by atoms with Crippen LogP contribution in [0.25, 0.3) is 10.9 Å². The first kappa shape index (κ1) is 22.9. The minimum atomic E-state index is -0.793. The number of aryl methyl sites for hydroxylation is 1. The molecule has 0 aliphatic carbocycles. The molecule has 1 aromatic heterocycles. The molecule has 2 heterocycles. The van der Waals surface area contributed by atoms with Crippen molar-refractivity contribution in [3.63, 3.8) is 0 Å². The minimum absolute atomic E-state index is 0.00853. The van der Waals surface area contributed by atoms with Crippen LogP contribution >= 0.6 is 11.6 Å². The highest BCUT2D eigenvalue weighted by atomic mass is 35.5. The van der Waals surface area contributed by atoms with Crippen LogP contribution in [-0.2, 0) is 16.0 Å². The first-order chi connectivity index (χ1) is 14.7. The standard InChI is InChI=1S/C21H25ClFN3O5/c1-5-24-11-14(20(28)30-4)19(27)13-9-15(23)18(16(22)17(13)24)25-7-8-26(12(3)10-25)21(29)31-6-2/h9,11-12H,5-8,10H2,1-4H3. The molecule has 8 nitrogen and oxygen atoms in total. The van der Waals surface area contributed by atoms with Crippen LogP contribution in [0.3, 0.4) is 0 Å². The predicted octanol–water partition coefficient (Wildman–Crippen LogP) is 3.27. The summed E-state index contributed by atoms with van der Waals surface area (Å²) in [4.78, 5) is 40.3. The van der Waals surface area contributed by atoms with Gasteiger partial charge in [0.2, 0.25) is 5.43 Å². The van der Waals surface area contributed by atoms with Crippen LogP contribution in [0.4, 0.5) is 14.9 Å². The molecule has 2 aromatic rings. The number of hydrogen-bond donors (Lipinski definition) is 0. The predicted molar refractivity (Wildman–Crippen MR) is 116 cm³/mol. The number of amides is 1. The van der Waals surface area contributed by atoms with Crippen LogP contribution in [0.15, 0.2) is 17.1 Å². The largest absolute Gasteiger partial charge is 0.465 e. The number of halogens is 2. The fourth-order valence-electron chi connectivity index (χ4n) is 3.91. The van der Waals surface area contributed by atoms with E-state index in [1.165, 1.54) is 13.3 Å². The summed E-state index contributed by atoms with van der Waals surface area (Å²) in [6, 6.07) is 0.883. The fraction of sp³-hybridized carbons (Fsp3) is 0.476. The number of carbonyl (C=O) groups is 2. The number of fused-ring (bicyclic) bond motifs is 1. The van der Waals surface area contributed by atoms with E-state index >= 15 is 4.39 Å². The zero-order valence-electron chi connectivity index (χ0n) is 17.9. The Balaban J connectivity index is 2.08. The van der Waals surface area contributed by atoms with E-state index in [0.717, 1.165) is 6.07 Å². The van der Waals surface area contributed by atoms with Gasteiger partial charge in [-0.1, -0.05) is 11.6 Å². The molecule has 1 unspecified atom stereocenters. The number of pyridine rings is 1. The average Bonchev–Trinajstić information content (AvgIpc) is 2.74. The van der Waals surface area contributed by atoms with Gasteiger partial charge in [0.15, 0.2) is 0 Å². The van der Waals surface area contributed by atoms with Gasteiger partial charge in [0.1, 0.15) is 11.4 Å². The van der Waals surface area contributed by atoms with E-state index in [1.807, 2.05) is 13.8 Å². The van der Waals surface area contributed by atoms with Gasteiger partial charge >= 0.3 is 12.1 Å². The van der Waals surface area contributed by atoms with Crippen molar-refractivity contribution in [2.75, 3.05) is 38.3 Å². The smallest absolute Gasteiger partial charge is 0.410 e. The third kappa shape index (κ3) is 4.06. The molecular formula is C21H25ClFN3O5. The van der Waals surface area contributed by atoms with Gasteiger partial charge in [0.25, 0.3) is 0 Å². The number of methoxy groups -OCH3 is 1. The minimum Gasteiger partial charge on any atom is -0.465 e. The number of aromatic nitrogens is 1. The fourth-order valence-corrected chi connectivity index (χ4v) is 4.33. The van der Waals surface area contributed by atoms with Crippen LogP contribution in [0.2, 0.25) is 5.02 Å². The van der Waals surface area contributed by atoms with Crippen molar-refractivity contribution in [1.29, 1.82) is 0 Å². The van der Waals surface area contributed by atoms with E-state index in [2.05, 4.69) is 4.74 Å². The molecule has 1 saturated heterocycles. The van der Waals surface area contributed by atoms with Crippen LogP contribution in [0, 0.1) is 5.82 Å². The zero-order chi connectivity index (χ0) is 22.9. The highest BCUT2D eigenvalue weighted by Gasteiger charge is 2.32. The first-order valence-electron chi connectivity index (χ1n) is 10.1. The lowest BCUT2D eigenvalue weighted by atomic mass is 10.1. The number of esters is 1. The molecule has 0 bridgehead atoms. The highest BCUT2D eigenvalue weighted by molar-refractivity contribution is 6.38. The van der Waals surface area contributed by atoms with Crippen molar-refractivity contribution in [2.24, 2.45) is 0 Å². The number of rotatable bonds is 4. The van der Waals surface area contributed by atoms with Crippen LogP contribution in [-0.4, -0.2) is 60.9 Å². The highest BCUT2D eigenvalue weighted by Crippen LogP contribution is 2.36. The molecule has 31 heavy (non-hydrogen) atoms. The SMILES string of the molecule is CCOC(=O)N1CCN(c2c(F)cc3c(=O)c(C(=O)OC)cn(CC)c3c2Cl)CC1C. The molecule has 1 aliphatic rings. The van der Waals surface area contributed by atoms with Gasteiger partial charge in [-0.3, -0.25) is 4.79 Å². The molecule has 1 atom stereocenters. The lowest BCUT2D eigenvalue weighted by Gasteiger charge is -2.40. The molecule has 1 aromatic carbocycles. The molecule has 168 valence electrons. The Hall–Kier alpha value is -2.81. The summed E-state index contributed by atoms with van der Waals surface area (Å²) in [6.45, 7) is 7.12. The zero-order valence-corrected chi connectivity index (χ0v) is 18.7. The van der Waals surface area contributed by atoms with Gasteiger partial charge in [-0.25, -0.2) is 14.0 Å². The molecule has 1 fully saturated rings. The monoisotopic (exact) mass is 453 g/mol. The summed E-state index contributed by atoms with van der Waals surface area (Å²) >= 11 is 6.64. The van der Waals surface area contributed by atoms with Gasteiger partial charge in [-0.05, 0) is 26.8 Å². The summed E-state index contributed by atoms with van der Waals surface area (Å²) in [7, 11) is 1.18. The van der Waals surface area contributed by atoms with Crippen LogP contribution in [0.1, 0.15) is 31.1 Å². The Morgan fingerprint density at radius 3 is 2.58 bits per heavy atom. The van der Waals surface area contributed by atoms with Crippen LogP contribution in [0.5, 0.6) is 0 Å². The molecule has 0 radical (unpaired) electrons. The van der Waals surface area contributed by atoms with Gasteiger partial charge in [-0.2, -0.15) is 0 Å². The summed E-state index contributed by atoms with van der Waals surface area (Å²) < 4.78 is 26.6. The third-order valence-electron chi connectivity index (χ3n) is 5.42. The Bertz CT molecular complexity index is 1090. The van der Waals surface area contributed by atoms with Crippen molar-refractivity contribution in [3.05, 3.63) is 38.9 Å². The topological polar surface area (TPSA) is 81.1 Å². The second kappa shape index (κ2) is 9.13. The van der Waals surface area contributed by atoms with Gasteiger partial charge < -0.3 is 23.8 Å². The van der Waals surface area contributed by atoms with Gasteiger partial charge in [0, 0.05) is 38.4 Å². The lowest BCUT2D eigenvalue weighted by molar-refractivity contribution is 0.0598. The maximum Gasteiger partial charge on any atom is 0.410 e. The molecule has 0 saturated carbocycles. The van der Waals surface area contributed by atoms with Crippen molar-refractivity contribution < 1.29 is 23.5 Å². The molecule has 10 heteroatoms. The van der Waals surface area contributed by atoms with E-state index in [1.54, 1.807) is 21.3 Å². The average molecular weight is 454 g/mol. The van der Waals surface area contributed by atoms with E-state index in [0.29, 0.717) is 31.7 Å². The number of anilines is 1. The Labute approximate surface area is 184 Å². The third-order valence-corrected chi connectivity index (χ3v) is 5.78. The van der Waals surface area contributed by atoms with E-state index in [-0.39, 0.29) is 34.3 Å². The number of carbonyl (C=O) groups excluding carboxylic acids is 2. The molecule has 0 spiro atoms. The number of hydrogen-bond acceptors (Lipinski definition) is 6. The maximum atomic E-state index is 15.2. The lowest BCUT2D eigenvalue weighted by Crippen LogP contribution is -2.54. The van der Waals surface area contributed by atoms with Crippen LogP contribution < -0.4 is 10.3 Å². The maximum absolute atomic E-state index is 15.2. The van der Waals surface area contributed by atoms with E-state index in [9.17, 15) is 14.4 Å². The van der Waals surface area contributed by atoms with E-state index < -0.39 is 23.3 Å². The van der Waals surface area contributed by atoms with Crippen molar-refractivity contribution in [2.45, 2.75) is 33.4 Å². The quantitative estimate of drug-likeness (QED) is 0.661. The molecule has 1 amide bonds. The summed E-state index contributed by atoms with van der Waals surface area (Å²) in [5.74, 6) is -1.46. The Kier molecular flexibility index (Phi) is 6.74. The Morgan fingerprint density at radius 2 is 2.00 bits per heavy atom. The van der Waals surface area contributed by atoms with Gasteiger partial charge in [-0.15, -0.1) is 0 Å². The number of ether oxygens (including phenoxy) is 2. The van der Waals surface area contributed by atoms with E-state index in [4.69, 9.17) is 16.3 Å². The molecule has 3 rings (SSSR count). The van der Waals surface area contributed by atoms with Crippen molar-refractivity contribution >= 4 is 40.3 Å². The molecule has 0 N–H and O–H groups in total. The second-order valence-electron chi connectivity index (χ2n) is 7.25. The summed E-state index contributed by atoms with van der Waals surface area (Å²) in [6.07, 6.45) is 0.973. The Morgan fingerprint density at radius 1 is 1.29 bits per heavy atom. The molecule has 1 aliphatic heterocycles. The summed E-state index contributed by atoms with van der Waals surface area (Å²) in [5, 5.41) is 0.0939. The van der Waals surface area contributed by atoms with Gasteiger partial charge in [0.05, 0.1) is 35.3 Å². The number of benzene rings is 1. The first-order valence-corrected chi connectivity index (χ1v) is 10.4. The number of piperazine rings is 1. The second-order valence-corrected chi connectivity index (χ2v) is 7.63. The summed E-state index contributed by atoms with van der Waals surface area (Å²) in [5.41, 5.74) is -0.313. The normalized spacial score (nSPS) is 16.5. The van der Waals surface area contributed by atoms with Crippen molar-refractivity contribution in [3.8, 4) is 0 Å². The number of nitrogens with zero attached hydrogens (tertiary/aromatic N) is 3. The molecular weight excluding hydrogens is 429 g/mol.